The molecule has 1 aliphatic rings. The summed E-state index contributed by atoms with van der Waals surface area (Å²) in [6, 6.07) is 8.97. The van der Waals surface area contributed by atoms with Crippen LogP contribution in [0.5, 0.6) is 0 Å². The summed E-state index contributed by atoms with van der Waals surface area (Å²) in [5.41, 5.74) is 8.61. The second-order valence-electron chi connectivity index (χ2n) is 4.73. The van der Waals surface area contributed by atoms with Gasteiger partial charge in [0.1, 0.15) is 0 Å². The van der Waals surface area contributed by atoms with E-state index in [1.54, 1.807) is 0 Å². The molecule has 3 heteroatoms. The molecule has 2 N–H and O–H groups in total. The number of nitrogens with two attached hydrogens (primary N) is 1. The molecule has 0 saturated carbocycles. The Balaban J connectivity index is 2.06. The summed E-state index contributed by atoms with van der Waals surface area (Å²) in [6.07, 6.45) is 0.997. The van der Waals surface area contributed by atoms with Crippen molar-refractivity contribution in [3.63, 3.8) is 0 Å². The Bertz CT molecular complexity index is 350. The number of hydrogen-bond donors (Lipinski definition) is 1. The minimum absolute atomic E-state index is 0.180. The number of thioether (sulfide) groups is 1. The lowest BCUT2D eigenvalue weighted by Crippen LogP contribution is -2.36. The number of hydrogen-bond acceptors (Lipinski definition) is 3. The van der Waals surface area contributed by atoms with Crippen molar-refractivity contribution in [2.75, 3.05) is 23.7 Å². The highest BCUT2D eigenvalue weighted by Gasteiger charge is 2.16. The highest BCUT2D eigenvalue weighted by Crippen LogP contribution is 2.25. The Hall–Kier alpha value is -0.670. The van der Waals surface area contributed by atoms with Gasteiger partial charge in [-0.05, 0) is 24.1 Å². The van der Waals surface area contributed by atoms with Gasteiger partial charge in [0, 0.05) is 35.8 Å². The summed E-state index contributed by atoms with van der Waals surface area (Å²) in [5.74, 6) is 1.23. The highest BCUT2D eigenvalue weighted by atomic mass is 32.2. The Morgan fingerprint density at radius 2 is 2.12 bits per heavy atom. The molecule has 0 radical (unpaired) electrons. The molecule has 17 heavy (non-hydrogen) atoms. The van der Waals surface area contributed by atoms with Gasteiger partial charge >= 0.3 is 0 Å². The number of nitrogens with zero attached hydrogens (tertiary/aromatic N) is 1. The molecule has 0 amide bonds. The molecule has 2 atom stereocenters. The van der Waals surface area contributed by atoms with Gasteiger partial charge in [0.2, 0.25) is 0 Å². The zero-order valence-corrected chi connectivity index (χ0v) is 11.5. The first-order valence-corrected chi connectivity index (χ1v) is 7.47. The van der Waals surface area contributed by atoms with Crippen LogP contribution >= 0.6 is 11.8 Å². The van der Waals surface area contributed by atoms with E-state index in [0.717, 1.165) is 24.8 Å². The maximum atomic E-state index is 6.03. The number of benzene rings is 1. The maximum Gasteiger partial charge on any atom is 0.0367 e. The predicted octanol–water partition coefficient (Wildman–Crippen LogP) is 3.04. The van der Waals surface area contributed by atoms with Crippen LogP contribution in [0.15, 0.2) is 24.3 Å². The molecular formula is C14H22N2S. The third kappa shape index (κ3) is 3.17. The summed E-state index contributed by atoms with van der Waals surface area (Å²) in [7, 11) is 0. The van der Waals surface area contributed by atoms with E-state index < -0.39 is 0 Å². The third-order valence-electron chi connectivity index (χ3n) is 3.37. The molecule has 1 saturated heterocycles. The van der Waals surface area contributed by atoms with Crippen molar-refractivity contribution >= 4 is 17.4 Å². The Labute approximate surface area is 109 Å². The molecule has 2 nitrogen and oxygen atoms in total. The molecule has 0 spiro atoms. The Kier molecular flexibility index (Phi) is 4.35. The van der Waals surface area contributed by atoms with Crippen molar-refractivity contribution < 1.29 is 0 Å². The van der Waals surface area contributed by atoms with Crippen LogP contribution in [0.1, 0.15) is 31.9 Å². The third-order valence-corrected chi connectivity index (χ3v) is 4.50. The monoisotopic (exact) mass is 250 g/mol. The molecule has 0 aliphatic carbocycles. The fraction of sp³-hybridized carbons (Fsp3) is 0.571. The molecule has 1 aliphatic heterocycles. The first kappa shape index (κ1) is 12.8. The predicted molar refractivity (Wildman–Crippen MR) is 77.8 cm³/mol. The smallest absolute Gasteiger partial charge is 0.0367 e. The van der Waals surface area contributed by atoms with E-state index in [1.807, 2.05) is 0 Å². The molecule has 2 unspecified atom stereocenters. The molecule has 94 valence electrons. The van der Waals surface area contributed by atoms with E-state index in [-0.39, 0.29) is 6.04 Å². The van der Waals surface area contributed by atoms with Crippen LogP contribution < -0.4 is 10.6 Å². The maximum absolute atomic E-state index is 6.03. The van der Waals surface area contributed by atoms with Gasteiger partial charge < -0.3 is 10.6 Å². The largest absolute Gasteiger partial charge is 0.370 e. The van der Waals surface area contributed by atoms with Gasteiger partial charge in [-0.25, -0.2) is 0 Å². The van der Waals surface area contributed by atoms with Crippen LogP contribution in [0.4, 0.5) is 5.69 Å². The van der Waals surface area contributed by atoms with Crippen molar-refractivity contribution in [1.82, 2.24) is 0 Å². The van der Waals surface area contributed by atoms with Gasteiger partial charge in [-0.15, -0.1) is 0 Å². The molecule has 0 aromatic heterocycles. The minimum atomic E-state index is 0.180. The van der Waals surface area contributed by atoms with Crippen molar-refractivity contribution in [2.45, 2.75) is 31.6 Å². The summed E-state index contributed by atoms with van der Waals surface area (Å²) in [4.78, 5) is 2.47. The van der Waals surface area contributed by atoms with Crippen LogP contribution in [0.2, 0.25) is 0 Å². The van der Waals surface area contributed by atoms with Gasteiger partial charge in [0.25, 0.3) is 0 Å². The average Bonchev–Trinajstić information content (AvgIpc) is 2.38. The summed E-state index contributed by atoms with van der Waals surface area (Å²) in [6.45, 7) is 6.75. The van der Waals surface area contributed by atoms with Crippen LogP contribution in [0.3, 0.4) is 0 Å². The quantitative estimate of drug-likeness (QED) is 0.894. The van der Waals surface area contributed by atoms with E-state index in [4.69, 9.17) is 5.73 Å². The SMILES string of the molecule is CCC(N)c1ccc(N2CCSC(C)C2)cc1. The Morgan fingerprint density at radius 3 is 2.71 bits per heavy atom. The van der Waals surface area contributed by atoms with Crippen LogP contribution in [0.25, 0.3) is 0 Å². The molecule has 1 fully saturated rings. The number of rotatable bonds is 3. The normalized spacial score (nSPS) is 22.5. The van der Waals surface area contributed by atoms with E-state index in [9.17, 15) is 0 Å². The minimum Gasteiger partial charge on any atom is -0.370 e. The standard InChI is InChI=1S/C14H22N2S/c1-3-14(15)12-4-6-13(7-5-12)16-8-9-17-11(2)10-16/h4-7,11,14H,3,8-10,15H2,1-2H3. The fourth-order valence-corrected chi connectivity index (χ4v) is 3.23. The highest BCUT2D eigenvalue weighted by molar-refractivity contribution is 8.00. The second kappa shape index (κ2) is 5.78. The van der Waals surface area contributed by atoms with Crippen molar-refractivity contribution in [2.24, 2.45) is 5.73 Å². The summed E-state index contributed by atoms with van der Waals surface area (Å²) in [5, 5.41) is 0.737. The van der Waals surface area contributed by atoms with E-state index in [1.165, 1.54) is 17.0 Å². The first-order chi connectivity index (χ1) is 8.20. The van der Waals surface area contributed by atoms with E-state index >= 15 is 0 Å². The zero-order valence-electron chi connectivity index (χ0n) is 10.7. The lowest BCUT2D eigenvalue weighted by molar-refractivity contribution is 0.698. The molecule has 0 bridgehead atoms. The van der Waals surface area contributed by atoms with Gasteiger partial charge in [-0.2, -0.15) is 11.8 Å². The van der Waals surface area contributed by atoms with E-state index in [0.29, 0.717) is 0 Å². The van der Waals surface area contributed by atoms with Crippen LogP contribution in [-0.4, -0.2) is 24.1 Å². The molecule has 1 aromatic carbocycles. The Morgan fingerprint density at radius 1 is 1.41 bits per heavy atom. The van der Waals surface area contributed by atoms with Gasteiger partial charge in [0.05, 0.1) is 0 Å². The lowest BCUT2D eigenvalue weighted by Gasteiger charge is -2.32. The second-order valence-corrected chi connectivity index (χ2v) is 6.28. The van der Waals surface area contributed by atoms with Crippen molar-refractivity contribution in [1.29, 1.82) is 0 Å². The van der Waals surface area contributed by atoms with Gasteiger partial charge in [-0.3, -0.25) is 0 Å². The topological polar surface area (TPSA) is 29.3 Å². The summed E-state index contributed by atoms with van der Waals surface area (Å²) >= 11 is 2.07. The van der Waals surface area contributed by atoms with Gasteiger partial charge in [0.15, 0.2) is 0 Å². The van der Waals surface area contributed by atoms with Crippen molar-refractivity contribution in [3.8, 4) is 0 Å². The number of anilines is 1. The first-order valence-electron chi connectivity index (χ1n) is 6.42. The fourth-order valence-electron chi connectivity index (χ4n) is 2.22. The van der Waals surface area contributed by atoms with Crippen LogP contribution in [0, 0.1) is 0 Å². The molecule has 1 heterocycles. The van der Waals surface area contributed by atoms with Crippen LogP contribution in [-0.2, 0) is 0 Å². The lowest BCUT2D eigenvalue weighted by atomic mass is 10.1. The van der Waals surface area contributed by atoms with Crippen molar-refractivity contribution in [3.05, 3.63) is 29.8 Å². The van der Waals surface area contributed by atoms with Gasteiger partial charge in [-0.1, -0.05) is 26.0 Å². The average molecular weight is 250 g/mol. The summed E-state index contributed by atoms with van der Waals surface area (Å²) < 4.78 is 0. The zero-order chi connectivity index (χ0) is 12.3. The molecule has 2 rings (SSSR count). The molecule has 1 aromatic rings. The van der Waals surface area contributed by atoms with E-state index in [2.05, 4.69) is 54.8 Å². The molecular weight excluding hydrogens is 228 g/mol.